The minimum atomic E-state index is -0.528. The first-order chi connectivity index (χ1) is 26.1. The van der Waals surface area contributed by atoms with E-state index in [1.165, 1.54) is 11.1 Å². The molecule has 2 aliphatic carbocycles. The lowest BCUT2D eigenvalue weighted by molar-refractivity contribution is -0.125. The van der Waals surface area contributed by atoms with E-state index in [-0.39, 0.29) is 29.4 Å². The van der Waals surface area contributed by atoms with Crippen molar-refractivity contribution in [3.8, 4) is 0 Å². The first kappa shape index (κ1) is 39.6. The van der Waals surface area contributed by atoms with Crippen molar-refractivity contribution in [1.29, 1.82) is 0 Å². The van der Waals surface area contributed by atoms with Crippen molar-refractivity contribution in [2.75, 3.05) is 39.0 Å². The molecule has 6 rings (SSSR count). The topological polar surface area (TPSA) is 127 Å². The standard InChI is InChI=1S/C44H61N7O3/c1-6-18-37-48-39-40(34-21-11-12-22-35(34)47-42(39)45)51(37)27-16-15-25-50(5)26-17-28-54-31(2)29-38(52)46-24-14-13-23-36-41(53)43(3)32-19-9-7-8-10-20-33(30-32)44(43,4)49-36/h7-12,19-22,31,36,49H,6,13-18,23-30H2,1-5H3,(H2,45,47)(H,46,52)/b9-7-,10-8-,32-19+,33-20+. The summed E-state index contributed by atoms with van der Waals surface area (Å²) in [7, 11) is 2.16. The number of hydrogen-bond donors (Lipinski definition) is 3. The van der Waals surface area contributed by atoms with Gasteiger partial charge in [-0.15, -0.1) is 0 Å². The predicted octanol–water partition coefficient (Wildman–Crippen LogP) is 6.99. The predicted molar refractivity (Wildman–Crippen MR) is 219 cm³/mol. The number of ketones is 1. The highest BCUT2D eigenvalue weighted by atomic mass is 16.5. The molecule has 10 heteroatoms. The maximum Gasteiger partial charge on any atom is 0.222 e. The van der Waals surface area contributed by atoms with Gasteiger partial charge in [0.1, 0.15) is 11.3 Å². The fourth-order valence-corrected chi connectivity index (χ4v) is 8.77. The van der Waals surface area contributed by atoms with Gasteiger partial charge < -0.3 is 25.3 Å². The molecule has 4 unspecified atom stereocenters. The van der Waals surface area contributed by atoms with Crippen molar-refractivity contribution >= 4 is 39.4 Å². The van der Waals surface area contributed by atoms with Crippen LogP contribution in [-0.2, 0) is 27.3 Å². The Balaban J connectivity index is 0.842. The van der Waals surface area contributed by atoms with Gasteiger partial charge in [0.25, 0.3) is 0 Å². The number of unbranched alkanes of at least 4 members (excludes halogenated alkanes) is 2. The van der Waals surface area contributed by atoms with Gasteiger partial charge in [-0.2, -0.15) is 0 Å². The molecular formula is C44H61N7O3. The Hall–Kier alpha value is -4.12. The Morgan fingerprint density at radius 3 is 2.61 bits per heavy atom. The highest BCUT2D eigenvalue weighted by molar-refractivity contribution is 6.06. The molecule has 2 aromatic heterocycles. The van der Waals surface area contributed by atoms with Crippen molar-refractivity contribution in [2.45, 2.75) is 116 Å². The zero-order valence-corrected chi connectivity index (χ0v) is 33.1. The molecule has 4 N–H and O–H groups in total. The van der Waals surface area contributed by atoms with E-state index >= 15 is 0 Å². The van der Waals surface area contributed by atoms with Crippen LogP contribution in [0.25, 0.3) is 21.9 Å². The summed E-state index contributed by atoms with van der Waals surface area (Å²) >= 11 is 0. The maximum atomic E-state index is 13.7. The lowest BCUT2D eigenvalue weighted by Gasteiger charge is -2.34. The number of hydrogen-bond acceptors (Lipinski definition) is 8. The molecule has 290 valence electrons. The van der Waals surface area contributed by atoms with Crippen LogP contribution in [0.5, 0.6) is 0 Å². The van der Waals surface area contributed by atoms with Crippen LogP contribution in [0.2, 0.25) is 0 Å². The number of carbonyl (C=O) groups excluding carboxylic acids is 2. The Morgan fingerprint density at radius 1 is 1.06 bits per heavy atom. The lowest BCUT2D eigenvalue weighted by atomic mass is 9.70. The van der Waals surface area contributed by atoms with Gasteiger partial charge in [0.15, 0.2) is 11.6 Å². The third kappa shape index (κ3) is 8.26. The van der Waals surface area contributed by atoms with Crippen molar-refractivity contribution < 1.29 is 14.3 Å². The van der Waals surface area contributed by atoms with Crippen molar-refractivity contribution in [3.63, 3.8) is 0 Å². The van der Waals surface area contributed by atoms with E-state index in [1.807, 2.05) is 37.3 Å². The molecule has 1 saturated carbocycles. The smallest absolute Gasteiger partial charge is 0.222 e. The van der Waals surface area contributed by atoms with Gasteiger partial charge in [0.2, 0.25) is 5.91 Å². The third-order valence-electron chi connectivity index (χ3n) is 12.0. The SMILES string of the molecule is CCCc1nc2c(N)nc3ccccc3c2n1CCCCN(C)CCCOC(C)CC(=O)NCCCCC1NC2(C)/C3=C/C=C\C=C/C=C(\C3)C2(C)C1=O. The number of amides is 1. The molecule has 1 aromatic carbocycles. The summed E-state index contributed by atoms with van der Waals surface area (Å²) in [6.45, 7) is 12.5. The van der Waals surface area contributed by atoms with Crippen LogP contribution < -0.4 is 16.4 Å². The molecule has 0 radical (unpaired) electrons. The maximum absolute atomic E-state index is 13.7. The van der Waals surface area contributed by atoms with Crippen molar-refractivity contribution in [3.05, 3.63) is 77.7 Å². The zero-order valence-electron chi connectivity index (χ0n) is 33.1. The Morgan fingerprint density at radius 2 is 1.81 bits per heavy atom. The molecule has 3 aromatic rings. The van der Waals surface area contributed by atoms with E-state index in [1.54, 1.807) is 0 Å². The fourth-order valence-electron chi connectivity index (χ4n) is 8.77. The van der Waals surface area contributed by atoms with E-state index in [4.69, 9.17) is 15.5 Å². The van der Waals surface area contributed by atoms with Crippen molar-refractivity contribution in [1.82, 2.24) is 30.1 Å². The molecule has 1 amide bonds. The number of ether oxygens (including phenoxy) is 1. The number of para-hydroxylation sites is 1. The van der Waals surface area contributed by atoms with Gasteiger partial charge in [-0.25, -0.2) is 9.97 Å². The number of allylic oxidation sites excluding steroid dienone is 6. The Kier molecular flexibility index (Phi) is 12.9. The average molecular weight is 736 g/mol. The van der Waals surface area contributed by atoms with Crippen LogP contribution in [0, 0.1) is 5.41 Å². The molecule has 1 aliphatic heterocycles. The van der Waals surface area contributed by atoms with Crippen molar-refractivity contribution in [2.24, 2.45) is 5.41 Å². The van der Waals surface area contributed by atoms with E-state index in [0.717, 1.165) is 105 Å². The third-order valence-corrected chi connectivity index (χ3v) is 12.0. The average Bonchev–Trinajstić information content (AvgIpc) is 3.72. The van der Waals surface area contributed by atoms with Crippen LogP contribution in [0.15, 0.2) is 71.9 Å². The second-order valence-corrected chi connectivity index (χ2v) is 15.9. The Labute approximate surface area is 321 Å². The van der Waals surface area contributed by atoms with Gasteiger partial charge in [-0.3, -0.25) is 14.9 Å². The lowest BCUT2D eigenvalue weighted by Crippen LogP contribution is -2.47. The monoisotopic (exact) mass is 735 g/mol. The van der Waals surface area contributed by atoms with E-state index in [2.05, 4.69) is 83.3 Å². The summed E-state index contributed by atoms with van der Waals surface area (Å²) in [6, 6.07) is 8.01. The highest BCUT2D eigenvalue weighted by Crippen LogP contribution is 2.58. The molecule has 4 atom stereocenters. The minimum absolute atomic E-state index is 0.0140. The quantitative estimate of drug-likeness (QED) is 0.113. The second kappa shape index (κ2) is 17.6. The van der Waals surface area contributed by atoms with Gasteiger partial charge in [0.05, 0.1) is 40.6 Å². The molecule has 3 aliphatic rings. The zero-order chi connectivity index (χ0) is 38.3. The number of aromatic nitrogens is 3. The Bertz CT molecular complexity index is 1940. The molecule has 0 spiro atoms. The van der Waals surface area contributed by atoms with Crippen LogP contribution in [0.3, 0.4) is 0 Å². The number of nitrogens with zero attached hydrogens (tertiary/aromatic N) is 4. The summed E-state index contributed by atoms with van der Waals surface area (Å²) < 4.78 is 8.37. The molecule has 54 heavy (non-hydrogen) atoms. The van der Waals surface area contributed by atoms with Crippen LogP contribution in [0.1, 0.15) is 91.3 Å². The van der Waals surface area contributed by atoms with E-state index < -0.39 is 5.41 Å². The molecule has 2 bridgehead atoms. The van der Waals surface area contributed by atoms with Crippen LogP contribution in [0.4, 0.5) is 5.82 Å². The number of imidazole rings is 1. The number of rotatable bonds is 19. The van der Waals surface area contributed by atoms with Crippen LogP contribution >= 0.6 is 0 Å². The van der Waals surface area contributed by atoms with E-state index in [0.29, 0.717) is 25.4 Å². The number of pyridine rings is 1. The van der Waals surface area contributed by atoms with E-state index in [9.17, 15) is 9.59 Å². The summed E-state index contributed by atoms with van der Waals surface area (Å²) in [5.41, 5.74) is 10.7. The summed E-state index contributed by atoms with van der Waals surface area (Å²) in [5.74, 6) is 1.89. The number of anilines is 1. The normalized spacial score (nSPS) is 25.8. The largest absolute Gasteiger partial charge is 0.382 e. The summed E-state index contributed by atoms with van der Waals surface area (Å²) in [4.78, 5) is 38.2. The number of nitrogen functional groups attached to an aromatic ring is 1. The second-order valence-electron chi connectivity index (χ2n) is 15.9. The van der Waals surface area contributed by atoms with Gasteiger partial charge in [-0.05, 0) is 97.4 Å². The number of Topliss-reactive ketones (excluding diaryl/α,β-unsaturated/α-hetero) is 1. The molecule has 10 nitrogen and oxygen atoms in total. The van der Waals surface area contributed by atoms with Gasteiger partial charge in [-0.1, -0.05) is 67.2 Å². The number of aryl methyl sites for hydroxylation is 2. The minimum Gasteiger partial charge on any atom is -0.382 e. The first-order valence-electron chi connectivity index (χ1n) is 20.2. The van der Waals surface area contributed by atoms with Crippen LogP contribution in [-0.4, -0.2) is 82.1 Å². The first-order valence-corrected chi connectivity index (χ1v) is 20.2. The fraction of sp³-hybridized carbons (Fsp3) is 0.545. The summed E-state index contributed by atoms with van der Waals surface area (Å²) in [5, 5.41) is 7.89. The highest BCUT2D eigenvalue weighted by Gasteiger charge is 2.64. The van der Waals surface area contributed by atoms with Gasteiger partial charge >= 0.3 is 0 Å². The molecule has 3 heterocycles. The van der Waals surface area contributed by atoms with Gasteiger partial charge in [0, 0.05) is 38.0 Å². The molecule has 1 saturated heterocycles. The number of fused-ring (bicyclic) bond motifs is 8. The molecule has 2 fully saturated rings. The number of nitrogens with one attached hydrogen (secondary N) is 2. The number of carbonyl (C=O) groups is 2. The summed E-state index contributed by atoms with van der Waals surface area (Å²) in [6.07, 6.45) is 21.0. The number of nitrogens with two attached hydrogens (primary N) is 1. The molecular weight excluding hydrogens is 675 g/mol. The number of benzene rings is 1.